The van der Waals surface area contributed by atoms with E-state index in [1.165, 1.54) is 0 Å². The van der Waals surface area contributed by atoms with Gasteiger partial charge in [-0.05, 0) is 50.2 Å². The minimum absolute atomic E-state index is 0.338. The fraction of sp³-hybridized carbons (Fsp3) is 0.333. The zero-order chi connectivity index (χ0) is 26.5. The van der Waals surface area contributed by atoms with E-state index in [1.54, 1.807) is 55.3 Å². The summed E-state index contributed by atoms with van der Waals surface area (Å²) in [5, 5.41) is 18.0. The summed E-state index contributed by atoms with van der Waals surface area (Å²) in [4.78, 5) is 13.2. The van der Waals surface area contributed by atoms with Crippen molar-refractivity contribution in [1.82, 2.24) is 24.7 Å². The quantitative estimate of drug-likeness (QED) is 0.189. The van der Waals surface area contributed by atoms with Crippen LogP contribution in [0.1, 0.15) is 19.5 Å². The smallest absolute Gasteiger partial charge is 0.175 e. The number of anilines is 2. The van der Waals surface area contributed by atoms with E-state index in [1.807, 2.05) is 30.5 Å². The SMILES string of the molecule is CC(C)(O)c1ccc(Nc2cc(Oc3cn(COCC[Si](C)(C)C)nc3-c3ccccn3)ccn2)cn1. The number of hydrogen-bond acceptors (Lipinski definition) is 8. The second kappa shape index (κ2) is 11.2. The molecule has 9 nitrogen and oxygen atoms in total. The number of hydrogen-bond donors (Lipinski definition) is 2. The highest BCUT2D eigenvalue weighted by Crippen LogP contribution is 2.32. The second-order valence-corrected chi connectivity index (χ2v) is 16.2. The molecule has 0 aliphatic rings. The number of aromatic nitrogens is 5. The molecule has 0 aliphatic carbocycles. The number of aliphatic hydroxyl groups is 1. The first-order valence-electron chi connectivity index (χ1n) is 12.2. The first-order chi connectivity index (χ1) is 17.6. The summed E-state index contributed by atoms with van der Waals surface area (Å²) in [5.41, 5.74) is 1.68. The standard InChI is InChI=1S/C27H34N6O3Si/c1-27(2,34)24-10-9-20(17-30-24)31-25-16-21(11-13-29-25)36-23-18-33(19-35-14-15-37(3,4)5)32-26(23)22-8-6-7-12-28-22/h6-13,16-18,34H,14-15,19H2,1-5H3,(H,29,31). The third-order valence-electron chi connectivity index (χ3n) is 5.48. The number of pyridine rings is 3. The molecule has 0 amide bonds. The van der Waals surface area contributed by atoms with Crippen molar-refractivity contribution in [3.8, 4) is 22.9 Å². The Balaban J connectivity index is 1.50. The van der Waals surface area contributed by atoms with Crippen LogP contribution in [0.4, 0.5) is 11.5 Å². The van der Waals surface area contributed by atoms with Crippen molar-refractivity contribution < 1.29 is 14.6 Å². The van der Waals surface area contributed by atoms with Crippen molar-refractivity contribution in [2.45, 2.75) is 51.9 Å². The maximum atomic E-state index is 10.1. The maximum Gasteiger partial charge on any atom is 0.175 e. The normalized spacial score (nSPS) is 11.9. The molecule has 0 saturated heterocycles. The van der Waals surface area contributed by atoms with E-state index in [0.717, 1.165) is 11.7 Å². The number of nitrogens with one attached hydrogen (secondary N) is 1. The lowest BCUT2D eigenvalue weighted by Crippen LogP contribution is -2.22. The summed E-state index contributed by atoms with van der Waals surface area (Å²) < 4.78 is 13.9. The monoisotopic (exact) mass is 518 g/mol. The molecule has 0 fully saturated rings. The molecule has 2 N–H and O–H groups in total. The second-order valence-electron chi connectivity index (χ2n) is 10.5. The Morgan fingerprint density at radius 3 is 2.54 bits per heavy atom. The van der Waals surface area contributed by atoms with Gasteiger partial charge in [0.15, 0.2) is 11.4 Å². The van der Waals surface area contributed by atoms with Crippen LogP contribution in [-0.4, -0.2) is 44.5 Å². The van der Waals surface area contributed by atoms with Gasteiger partial charge < -0.3 is 19.9 Å². The van der Waals surface area contributed by atoms with Crippen molar-refractivity contribution in [2.75, 3.05) is 11.9 Å². The highest BCUT2D eigenvalue weighted by atomic mass is 28.3. The molecule has 4 aromatic heterocycles. The lowest BCUT2D eigenvalue weighted by Gasteiger charge is -2.16. The van der Waals surface area contributed by atoms with E-state index >= 15 is 0 Å². The summed E-state index contributed by atoms with van der Waals surface area (Å²) in [5.74, 6) is 1.76. The van der Waals surface area contributed by atoms with Crippen LogP contribution in [0.3, 0.4) is 0 Å². The van der Waals surface area contributed by atoms with E-state index in [4.69, 9.17) is 9.47 Å². The molecule has 194 valence electrons. The Morgan fingerprint density at radius 1 is 1.03 bits per heavy atom. The van der Waals surface area contributed by atoms with Gasteiger partial charge in [-0.2, -0.15) is 5.10 Å². The summed E-state index contributed by atoms with van der Waals surface area (Å²) in [6, 6.07) is 14.0. The highest BCUT2D eigenvalue weighted by Gasteiger charge is 2.18. The molecule has 0 spiro atoms. The Labute approximate surface area is 218 Å². The number of ether oxygens (including phenoxy) is 2. The average Bonchev–Trinajstić information content (AvgIpc) is 3.24. The Bertz CT molecular complexity index is 1300. The molecule has 0 saturated carbocycles. The fourth-order valence-corrected chi connectivity index (χ4v) is 4.16. The van der Waals surface area contributed by atoms with Crippen molar-refractivity contribution in [3.63, 3.8) is 0 Å². The van der Waals surface area contributed by atoms with Crippen molar-refractivity contribution in [2.24, 2.45) is 0 Å². The van der Waals surface area contributed by atoms with Crippen LogP contribution in [0.5, 0.6) is 11.5 Å². The van der Waals surface area contributed by atoms with Crippen LogP contribution in [0.15, 0.2) is 67.3 Å². The molecule has 0 atom stereocenters. The lowest BCUT2D eigenvalue weighted by atomic mass is 10.1. The van der Waals surface area contributed by atoms with Gasteiger partial charge in [-0.3, -0.25) is 9.97 Å². The van der Waals surface area contributed by atoms with Gasteiger partial charge in [0, 0.05) is 33.1 Å². The van der Waals surface area contributed by atoms with Crippen LogP contribution in [0, 0.1) is 0 Å². The zero-order valence-electron chi connectivity index (χ0n) is 22.0. The van der Waals surface area contributed by atoms with E-state index in [2.05, 4.69) is 45.0 Å². The van der Waals surface area contributed by atoms with Gasteiger partial charge in [-0.15, -0.1) is 0 Å². The highest BCUT2D eigenvalue weighted by molar-refractivity contribution is 6.76. The topological polar surface area (TPSA) is 107 Å². The fourth-order valence-electron chi connectivity index (χ4n) is 3.41. The van der Waals surface area contributed by atoms with Gasteiger partial charge in [0.1, 0.15) is 23.9 Å². The van der Waals surface area contributed by atoms with Crippen LogP contribution in [-0.2, 0) is 17.1 Å². The molecule has 4 rings (SSSR count). The average molecular weight is 519 g/mol. The van der Waals surface area contributed by atoms with Crippen molar-refractivity contribution >= 4 is 19.6 Å². The van der Waals surface area contributed by atoms with Crippen LogP contribution < -0.4 is 10.1 Å². The molecule has 4 aromatic rings. The summed E-state index contributed by atoms with van der Waals surface area (Å²) in [6.07, 6.45) is 6.88. The summed E-state index contributed by atoms with van der Waals surface area (Å²) in [7, 11) is -1.17. The Kier molecular flexibility index (Phi) is 8.01. The summed E-state index contributed by atoms with van der Waals surface area (Å²) in [6.45, 7) is 11.4. The van der Waals surface area contributed by atoms with Crippen LogP contribution in [0.2, 0.25) is 25.7 Å². The molecular formula is C27H34N6O3Si. The minimum Gasteiger partial charge on any atom is -0.453 e. The molecule has 37 heavy (non-hydrogen) atoms. The molecule has 0 aliphatic heterocycles. The molecule has 0 bridgehead atoms. The predicted molar refractivity (Wildman–Crippen MR) is 147 cm³/mol. The molecule has 0 aromatic carbocycles. The van der Waals surface area contributed by atoms with Gasteiger partial charge in [-0.25, -0.2) is 9.67 Å². The largest absolute Gasteiger partial charge is 0.453 e. The van der Waals surface area contributed by atoms with Gasteiger partial charge >= 0.3 is 0 Å². The van der Waals surface area contributed by atoms with Gasteiger partial charge in [0.2, 0.25) is 0 Å². The molecule has 0 unspecified atom stereocenters. The summed E-state index contributed by atoms with van der Waals surface area (Å²) >= 11 is 0. The third-order valence-corrected chi connectivity index (χ3v) is 7.18. The third kappa shape index (κ3) is 7.69. The van der Waals surface area contributed by atoms with E-state index in [0.29, 0.717) is 47.7 Å². The van der Waals surface area contributed by atoms with E-state index < -0.39 is 13.7 Å². The molecule has 10 heteroatoms. The van der Waals surface area contributed by atoms with Crippen LogP contribution in [0.25, 0.3) is 11.4 Å². The lowest BCUT2D eigenvalue weighted by molar-refractivity contribution is 0.0739. The van der Waals surface area contributed by atoms with E-state index in [9.17, 15) is 5.11 Å². The molecule has 0 radical (unpaired) electrons. The van der Waals surface area contributed by atoms with Crippen molar-refractivity contribution in [3.05, 3.63) is 72.9 Å². The molecule has 4 heterocycles. The molecular weight excluding hydrogens is 484 g/mol. The van der Waals surface area contributed by atoms with Gasteiger partial charge in [0.25, 0.3) is 0 Å². The number of nitrogens with zero attached hydrogens (tertiary/aromatic N) is 5. The predicted octanol–water partition coefficient (Wildman–Crippen LogP) is 5.81. The zero-order valence-corrected chi connectivity index (χ0v) is 23.0. The maximum absolute atomic E-state index is 10.1. The van der Waals surface area contributed by atoms with E-state index in [-0.39, 0.29) is 0 Å². The Morgan fingerprint density at radius 2 is 1.86 bits per heavy atom. The first-order valence-corrected chi connectivity index (χ1v) is 15.9. The van der Waals surface area contributed by atoms with Gasteiger partial charge in [-0.1, -0.05) is 25.7 Å². The van der Waals surface area contributed by atoms with Crippen LogP contribution >= 0.6 is 0 Å². The minimum atomic E-state index is -1.17. The first kappa shape index (κ1) is 26.5. The van der Waals surface area contributed by atoms with Gasteiger partial charge in [0.05, 0.1) is 29.5 Å². The number of rotatable bonds is 11. The Hall–Kier alpha value is -3.60. The van der Waals surface area contributed by atoms with Crippen molar-refractivity contribution in [1.29, 1.82) is 0 Å².